The standard InChI is InChI=1S/C23H29N3O3/c1-16-14-26(17(2)15-27)23(28)20-11-19(10-9-18-7-5-4-6-8-18)12-25-22(20)29-21(16)13-24-3/h4-12,16-17,21,24,27H,13-15H2,1-3H3/b10-9+/t16-,17-,21+/m1/s1. The lowest BCUT2D eigenvalue weighted by molar-refractivity contribution is 0.0404. The number of carbonyl (C=O) groups is 1. The first-order valence-electron chi connectivity index (χ1n) is 9.99. The largest absolute Gasteiger partial charge is 0.472 e. The maximum absolute atomic E-state index is 13.3. The molecule has 0 saturated heterocycles. The Morgan fingerprint density at radius 3 is 2.72 bits per heavy atom. The second-order valence-corrected chi connectivity index (χ2v) is 7.55. The first kappa shape index (κ1) is 21.0. The molecule has 0 aliphatic carbocycles. The Balaban J connectivity index is 1.97. The summed E-state index contributed by atoms with van der Waals surface area (Å²) in [4.78, 5) is 19.5. The molecule has 1 aromatic heterocycles. The van der Waals surface area contributed by atoms with E-state index in [1.807, 2.05) is 69.4 Å². The molecule has 154 valence electrons. The third-order valence-electron chi connectivity index (χ3n) is 5.22. The number of likely N-dealkylation sites (N-methyl/N-ethyl adjacent to an activating group) is 1. The van der Waals surface area contributed by atoms with Gasteiger partial charge in [-0.2, -0.15) is 0 Å². The van der Waals surface area contributed by atoms with Crippen molar-refractivity contribution in [3.8, 4) is 5.88 Å². The van der Waals surface area contributed by atoms with Gasteiger partial charge in [-0.05, 0) is 31.2 Å². The molecule has 0 radical (unpaired) electrons. The predicted octanol–water partition coefficient (Wildman–Crippen LogP) is 2.69. The molecule has 1 aromatic carbocycles. The quantitative estimate of drug-likeness (QED) is 0.787. The van der Waals surface area contributed by atoms with Crippen LogP contribution < -0.4 is 10.1 Å². The summed E-state index contributed by atoms with van der Waals surface area (Å²) in [6.45, 7) is 4.97. The molecule has 0 fully saturated rings. The van der Waals surface area contributed by atoms with Crippen LogP contribution in [0, 0.1) is 5.92 Å². The highest BCUT2D eigenvalue weighted by atomic mass is 16.5. The van der Waals surface area contributed by atoms with Crippen molar-refractivity contribution in [2.75, 3.05) is 26.7 Å². The molecule has 3 atom stereocenters. The number of carbonyl (C=O) groups excluding carboxylic acids is 1. The normalized spacial score (nSPS) is 20.7. The zero-order valence-corrected chi connectivity index (χ0v) is 17.2. The van der Waals surface area contributed by atoms with Crippen molar-refractivity contribution in [3.05, 3.63) is 59.3 Å². The Bertz CT molecular complexity index is 854. The summed E-state index contributed by atoms with van der Waals surface area (Å²) in [6.07, 6.45) is 5.51. The Hall–Kier alpha value is -2.70. The van der Waals surface area contributed by atoms with Crippen LogP contribution in [0.2, 0.25) is 0 Å². The molecule has 1 aliphatic rings. The van der Waals surface area contributed by atoms with E-state index in [0.29, 0.717) is 24.5 Å². The third kappa shape index (κ3) is 5.02. The molecule has 2 heterocycles. The Labute approximate surface area is 172 Å². The minimum atomic E-state index is -0.283. The van der Waals surface area contributed by atoms with E-state index in [0.717, 1.165) is 11.1 Å². The number of rotatable bonds is 6. The number of hydrogen-bond donors (Lipinski definition) is 2. The van der Waals surface area contributed by atoms with Gasteiger partial charge in [-0.3, -0.25) is 4.79 Å². The average Bonchev–Trinajstić information content (AvgIpc) is 2.75. The van der Waals surface area contributed by atoms with Crippen molar-refractivity contribution in [1.29, 1.82) is 0 Å². The van der Waals surface area contributed by atoms with E-state index in [1.54, 1.807) is 11.1 Å². The number of aliphatic hydroxyl groups excluding tert-OH is 1. The molecule has 2 N–H and O–H groups in total. The molecule has 6 heteroatoms. The Morgan fingerprint density at radius 2 is 2.03 bits per heavy atom. The predicted molar refractivity (Wildman–Crippen MR) is 115 cm³/mol. The van der Waals surface area contributed by atoms with Crippen LogP contribution in [0.4, 0.5) is 0 Å². The molecule has 29 heavy (non-hydrogen) atoms. The van der Waals surface area contributed by atoms with Gasteiger partial charge in [0.25, 0.3) is 5.91 Å². The summed E-state index contributed by atoms with van der Waals surface area (Å²) in [5.41, 5.74) is 2.31. The molecule has 0 unspecified atom stereocenters. The number of aliphatic hydroxyl groups is 1. The lowest BCUT2D eigenvalue weighted by atomic mass is 10.00. The van der Waals surface area contributed by atoms with Gasteiger partial charge in [-0.1, -0.05) is 49.4 Å². The highest BCUT2D eigenvalue weighted by Gasteiger charge is 2.33. The number of hydrogen-bond acceptors (Lipinski definition) is 5. The van der Waals surface area contributed by atoms with Crippen LogP contribution in [0.5, 0.6) is 5.88 Å². The van der Waals surface area contributed by atoms with Gasteiger partial charge in [0.1, 0.15) is 11.7 Å². The first-order valence-corrected chi connectivity index (χ1v) is 9.99. The number of amides is 1. The van der Waals surface area contributed by atoms with Gasteiger partial charge in [0.15, 0.2) is 0 Å². The van der Waals surface area contributed by atoms with E-state index in [-0.39, 0.29) is 30.6 Å². The Morgan fingerprint density at radius 1 is 1.31 bits per heavy atom. The summed E-state index contributed by atoms with van der Waals surface area (Å²) >= 11 is 0. The van der Waals surface area contributed by atoms with Crippen molar-refractivity contribution in [2.45, 2.75) is 26.0 Å². The van der Waals surface area contributed by atoms with Gasteiger partial charge in [-0.25, -0.2) is 4.98 Å². The van der Waals surface area contributed by atoms with Crippen molar-refractivity contribution < 1.29 is 14.6 Å². The maximum atomic E-state index is 13.3. The van der Waals surface area contributed by atoms with Gasteiger partial charge in [0.2, 0.25) is 5.88 Å². The van der Waals surface area contributed by atoms with Crippen LogP contribution in [-0.4, -0.2) is 59.8 Å². The highest BCUT2D eigenvalue weighted by Crippen LogP contribution is 2.27. The van der Waals surface area contributed by atoms with Gasteiger partial charge in [0.05, 0.1) is 12.6 Å². The number of nitrogens with one attached hydrogen (secondary N) is 1. The molecule has 0 saturated carbocycles. The molecule has 3 rings (SSSR count). The van der Waals surface area contributed by atoms with Crippen LogP contribution in [0.1, 0.15) is 35.3 Å². The van der Waals surface area contributed by atoms with Gasteiger partial charge < -0.3 is 20.1 Å². The lowest BCUT2D eigenvalue weighted by Crippen LogP contribution is -2.49. The monoisotopic (exact) mass is 395 g/mol. The summed E-state index contributed by atoms with van der Waals surface area (Å²) in [6, 6.07) is 11.5. The van der Waals surface area contributed by atoms with Gasteiger partial charge in [-0.15, -0.1) is 0 Å². The third-order valence-corrected chi connectivity index (χ3v) is 5.22. The fourth-order valence-corrected chi connectivity index (χ4v) is 3.41. The topological polar surface area (TPSA) is 74.7 Å². The number of pyridine rings is 1. The minimum absolute atomic E-state index is 0.0907. The second-order valence-electron chi connectivity index (χ2n) is 7.55. The molecule has 6 nitrogen and oxygen atoms in total. The molecular formula is C23H29N3O3. The van der Waals surface area contributed by atoms with Crippen molar-refractivity contribution in [2.24, 2.45) is 5.92 Å². The summed E-state index contributed by atoms with van der Waals surface area (Å²) in [5, 5.41) is 12.8. The van der Waals surface area contributed by atoms with Crippen molar-refractivity contribution in [1.82, 2.24) is 15.2 Å². The highest BCUT2D eigenvalue weighted by molar-refractivity contribution is 5.97. The molecule has 0 spiro atoms. The van der Waals surface area contributed by atoms with E-state index in [1.165, 1.54) is 0 Å². The van der Waals surface area contributed by atoms with E-state index in [9.17, 15) is 9.90 Å². The molecular weight excluding hydrogens is 366 g/mol. The summed E-state index contributed by atoms with van der Waals surface area (Å²) in [5.74, 6) is 0.264. The zero-order valence-electron chi connectivity index (χ0n) is 17.2. The van der Waals surface area contributed by atoms with Crippen LogP contribution in [-0.2, 0) is 0 Å². The zero-order chi connectivity index (χ0) is 20.8. The van der Waals surface area contributed by atoms with Crippen LogP contribution in [0.25, 0.3) is 12.2 Å². The Kier molecular flexibility index (Phi) is 7.01. The molecule has 0 bridgehead atoms. The van der Waals surface area contributed by atoms with Crippen LogP contribution in [0.15, 0.2) is 42.6 Å². The van der Waals surface area contributed by atoms with E-state index in [4.69, 9.17) is 4.74 Å². The summed E-state index contributed by atoms with van der Waals surface area (Å²) < 4.78 is 6.13. The number of fused-ring (bicyclic) bond motifs is 1. The van der Waals surface area contributed by atoms with E-state index >= 15 is 0 Å². The number of ether oxygens (including phenoxy) is 1. The minimum Gasteiger partial charge on any atom is -0.472 e. The van der Waals surface area contributed by atoms with Crippen molar-refractivity contribution in [3.63, 3.8) is 0 Å². The van der Waals surface area contributed by atoms with Gasteiger partial charge >= 0.3 is 0 Å². The van der Waals surface area contributed by atoms with Gasteiger partial charge in [0, 0.05) is 25.2 Å². The van der Waals surface area contributed by atoms with Crippen LogP contribution >= 0.6 is 0 Å². The fraction of sp³-hybridized carbons (Fsp3) is 0.391. The molecule has 2 aromatic rings. The number of benzene rings is 1. The van der Waals surface area contributed by atoms with Crippen LogP contribution in [0.3, 0.4) is 0 Å². The second kappa shape index (κ2) is 9.67. The van der Waals surface area contributed by atoms with Crippen molar-refractivity contribution >= 4 is 18.1 Å². The van der Waals surface area contributed by atoms with E-state index < -0.39 is 0 Å². The SMILES string of the molecule is CNC[C@@H]1Oc2ncc(/C=C/c3ccccc3)cc2C(=O)N([C@H](C)CO)C[C@H]1C. The molecule has 1 amide bonds. The number of nitrogens with zero attached hydrogens (tertiary/aromatic N) is 2. The first-order chi connectivity index (χ1) is 14.0. The lowest BCUT2D eigenvalue weighted by Gasteiger charge is -2.36. The maximum Gasteiger partial charge on any atom is 0.259 e. The smallest absolute Gasteiger partial charge is 0.259 e. The molecule has 1 aliphatic heterocycles. The number of aromatic nitrogens is 1. The average molecular weight is 396 g/mol. The van der Waals surface area contributed by atoms with E-state index in [2.05, 4.69) is 10.3 Å². The summed E-state index contributed by atoms with van der Waals surface area (Å²) in [7, 11) is 1.87. The fourth-order valence-electron chi connectivity index (χ4n) is 3.41.